The average Bonchev–Trinajstić information content (AvgIpc) is 2.84. The number of hydrogen-bond donors (Lipinski definition) is 1. The minimum Gasteiger partial charge on any atom is -0.478 e. The molecule has 104 valence electrons. The van der Waals surface area contributed by atoms with Gasteiger partial charge in [-0.05, 0) is 43.5 Å². The maximum absolute atomic E-state index is 11.0. The van der Waals surface area contributed by atoms with Gasteiger partial charge in [0.2, 0.25) is 0 Å². The molecule has 3 rings (SSSR count). The molecule has 5 nitrogen and oxygen atoms in total. The molecular formula is C15H16N2O3. The Balaban J connectivity index is 1.88. The third-order valence-corrected chi connectivity index (χ3v) is 3.57. The molecule has 0 amide bonds. The lowest BCUT2D eigenvalue weighted by Crippen LogP contribution is -2.29. The van der Waals surface area contributed by atoms with Gasteiger partial charge in [0.25, 0.3) is 0 Å². The van der Waals surface area contributed by atoms with Crippen LogP contribution in [0.25, 0.3) is 0 Å². The van der Waals surface area contributed by atoms with Crippen molar-refractivity contribution in [3.8, 4) is 0 Å². The molecule has 2 heterocycles. The smallest absolute Gasteiger partial charge is 0.335 e. The summed E-state index contributed by atoms with van der Waals surface area (Å²) in [5.41, 5.74) is 3.44. The fraction of sp³-hybridized carbons (Fsp3) is 0.333. The molecule has 0 fully saturated rings. The number of fused-ring (bicyclic) bond motifs is 1. The number of benzene rings is 1. The maximum Gasteiger partial charge on any atom is 0.335 e. The van der Waals surface area contributed by atoms with E-state index in [9.17, 15) is 4.79 Å². The van der Waals surface area contributed by atoms with E-state index in [1.807, 2.05) is 19.1 Å². The predicted octanol–water partition coefficient (Wildman–Crippen LogP) is 2.63. The van der Waals surface area contributed by atoms with Gasteiger partial charge in [0.15, 0.2) is 0 Å². The molecule has 0 unspecified atom stereocenters. The van der Waals surface area contributed by atoms with Crippen molar-refractivity contribution in [1.29, 1.82) is 0 Å². The van der Waals surface area contributed by atoms with Gasteiger partial charge in [-0.25, -0.2) is 4.79 Å². The average molecular weight is 272 g/mol. The number of carboxylic acids is 1. The zero-order chi connectivity index (χ0) is 14.1. The van der Waals surface area contributed by atoms with Crippen molar-refractivity contribution in [2.24, 2.45) is 0 Å². The normalized spacial score (nSPS) is 14.2. The molecule has 1 aromatic carbocycles. The molecule has 1 aromatic heterocycles. The van der Waals surface area contributed by atoms with Gasteiger partial charge in [0.1, 0.15) is 11.5 Å². The number of rotatable bonds is 3. The van der Waals surface area contributed by atoms with Crippen molar-refractivity contribution in [3.05, 3.63) is 46.8 Å². The van der Waals surface area contributed by atoms with Gasteiger partial charge in [-0.15, -0.1) is 0 Å². The number of carbonyl (C=O) groups is 1. The zero-order valence-corrected chi connectivity index (χ0v) is 11.3. The number of aryl methyl sites for hydroxylation is 2. The second-order valence-electron chi connectivity index (χ2n) is 5.10. The number of anilines is 1. The lowest BCUT2D eigenvalue weighted by Gasteiger charge is -2.30. The summed E-state index contributed by atoms with van der Waals surface area (Å²) in [4.78, 5) is 13.2. The Bertz CT molecular complexity index is 648. The molecular weight excluding hydrogens is 256 g/mol. The fourth-order valence-corrected chi connectivity index (χ4v) is 2.66. The fourth-order valence-electron chi connectivity index (χ4n) is 2.66. The number of nitrogens with zero attached hydrogens (tertiary/aromatic N) is 2. The minimum atomic E-state index is -0.878. The second kappa shape index (κ2) is 5.00. The van der Waals surface area contributed by atoms with E-state index in [1.54, 1.807) is 12.1 Å². The molecule has 5 heteroatoms. The van der Waals surface area contributed by atoms with Crippen LogP contribution in [0.2, 0.25) is 0 Å². The molecule has 1 aliphatic heterocycles. The maximum atomic E-state index is 11.0. The summed E-state index contributed by atoms with van der Waals surface area (Å²) in [5, 5.41) is 13.1. The lowest BCUT2D eigenvalue weighted by atomic mass is 9.99. The number of hydrogen-bond acceptors (Lipinski definition) is 4. The molecule has 1 aliphatic rings. The van der Waals surface area contributed by atoms with Gasteiger partial charge in [0.05, 0.1) is 12.1 Å². The Morgan fingerprint density at radius 1 is 1.45 bits per heavy atom. The summed E-state index contributed by atoms with van der Waals surface area (Å²) in [5.74, 6) is -0.0736. The highest BCUT2D eigenvalue weighted by Gasteiger charge is 2.19. The van der Waals surface area contributed by atoms with Crippen LogP contribution in [-0.2, 0) is 13.0 Å². The van der Waals surface area contributed by atoms with Gasteiger partial charge in [-0.3, -0.25) is 0 Å². The van der Waals surface area contributed by atoms with Gasteiger partial charge in [-0.1, -0.05) is 5.16 Å². The Morgan fingerprint density at radius 3 is 3.00 bits per heavy atom. The first-order valence-corrected chi connectivity index (χ1v) is 6.67. The highest BCUT2D eigenvalue weighted by molar-refractivity contribution is 5.88. The first-order chi connectivity index (χ1) is 9.63. The quantitative estimate of drug-likeness (QED) is 0.930. The Labute approximate surface area is 116 Å². The summed E-state index contributed by atoms with van der Waals surface area (Å²) in [6.07, 6.45) is 1.94. The molecule has 0 bridgehead atoms. The van der Waals surface area contributed by atoms with E-state index in [0.717, 1.165) is 42.1 Å². The third kappa shape index (κ3) is 2.39. The van der Waals surface area contributed by atoms with Crippen molar-refractivity contribution in [1.82, 2.24) is 5.16 Å². The Morgan fingerprint density at radius 2 is 2.30 bits per heavy atom. The van der Waals surface area contributed by atoms with E-state index in [4.69, 9.17) is 9.63 Å². The summed E-state index contributed by atoms with van der Waals surface area (Å²) >= 11 is 0. The van der Waals surface area contributed by atoms with Crippen LogP contribution in [0.3, 0.4) is 0 Å². The monoisotopic (exact) mass is 272 g/mol. The molecule has 0 aliphatic carbocycles. The van der Waals surface area contributed by atoms with E-state index in [-0.39, 0.29) is 0 Å². The van der Waals surface area contributed by atoms with E-state index < -0.39 is 5.97 Å². The summed E-state index contributed by atoms with van der Waals surface area (Å²) in [6.45, 7) is 3.52. The van der Waals surface area contributed by atoms with Crippen LogP contribution in [0, 0.1) is 6.92 Å². The highest BCUT2D eigenvalue weighted by Crippen LogP contribution is 2.29. The van der Waals surface area contributed by atoms with E-state index in [1.165, 1.54) is 0 Å². The topological polar surface area (TPSA) is 66.6 Å². The van der Waals surface area contributed by atoms with Gasteiger partial charge in [0, 0.05) is 18.3 Å². The number of aromatic carboxylic acids is 1. The molecule has 0 radical (unpaired) electrons. The van der Waals surface area contributed by atoms with Crippen LogP contribution >= 0.6 is 0 Å². The van der Waals surface area contributed by atoms with Crippen LogP contribution < -0.4 is 4.90 Å². The molecule has 0 saturated carbocycles. The molecule has 1 N–H and O–H groups in total. The van der Waals surface area contributed by atoms with Crippen LogP contribution in [0.4, 0.5) is 5.69 Å². The molecule has 2 aromatic rings. The molecule has 0 saturated heterocycles. The summed E-state index contributed by atoms with van der Waals surface area (Å²) in [7, 11) is 0. The van der Waals surface area contributed by atoms with E-state index in [0.29, 0.717) is 12.1 Å². The van der Waals surface area contributed by atoms with Crippen LogP contribution in [-0.4, -0.2) is 22.8 Å². The number of aromatic nitrogens is 1. The molecule has 0 spiro atoms. The van der Waals surface area contributed by atoms with Crippen LogP contribution in [0.5, 0.6) is 0 Å². The highest BCUT2D eigenvalue weighted by atomic mass is 16.5. The van der Waals surface area contributed by atoms with Gasteiger partial charge < -0.3 is 14.5 Å². The third-order valence-electron chi connectivity index (χ3n) is 3.57. The second-order valence-corrected chi connectivity index (χ2v) is 5.10. The lowest BCUT2D eigenvalue weighted by molar-refractivity contribution is 0.0697. The van der Waals surface area contributed by atoms with Crippen molar-refractivity contribution in [2.45, 2.75) is 26.3 Å². The van der Waals surface area contributed by atoms with E-state index in [2.05, 4.69) is 10.1 Å². The SMILES string of the molecule is Cc1cc(CN2CCCc3cc(C(=O)O)ccc32)no1. The summed E-state index contributed by atoms with van der Waals surface area (Å²) in [6, 6.07) is 7.26. The van der Waals surface area contributed by atoms with Gasteiger partial charge in [-0.2, -0.15) is 0 Å². The molecule has 0 atom stereocenters. The predicted molar refractivity (Wildman–Crippen MR) is 74.0 cm³/mol. The number of carboxylic acid groups (broad SMARTS) is 1. The first kappa shape index (κ1) is 12.7. The Hall–Kier alpha value is -2.30. The molecule has 20 heavy (non-hydrogen) atoms. The Kier molecular flexibility index (Phi) is 3.18. The van der Waals surface area contributed by atoms with Gasteiger partial charge >= 0.3 is 5.97 Å². The zero-order valence-electron chi connectivity index (χ0n) is 11.3. The summed E-state index contributed by atoms with van der Waals surface area (Å²) < 4.78 is 5.09. The minimum absolute atomic E-state index is 0.350. The first-order valence-electron chi connectivity index (χ1n) is 6.67. The van der Waals surface area contributed by atoms with Crippen LogP contribution in [0.1, 0.15) is 33.8 Å². The van der Waals surface area contributed by atoms with E-state index >= 15 is 0 Å². The van der Waals surface area contributed by atoms with Crippen molar-refractivity contribution in [3.63, 3.8) is 0 Å². The van der Waals surface area contributed by atoms with Crippen LogP contribution in [0.15, 0.2) is 28.8 Å². The van der Waals surface area contributed by atoms with Crippen molar-refractivity contribution in [2.75, 3.05) is 11.4 Å². The van der Waals surface area contributed by atoms with Crippen molar-refractivity contribution >= 4 is 11.7 Å². The van der Waals surface area contributed by atoms with Crippen molar-refractivity contribution < 1.29 is 14.4 Å². The largest absolute Gasteiger partial charge is 0.478 e. The standard InChI is InChI=1S/C15H16N2O3/c1-10-7-13(16-20-10)9-17-6-2-3-11-8-12(15(18)19)4-5-14(11)17/h4-5,7-8H,2-3,6,9H2,1H3,(H,18,19).